The van der Waals surface area contributed by atoms with Gasteiger partial charge in [-0.2, -0.15) is 0 Å². The zero-order chi connectivity index (χ0) is 19.8. The fourth-order valence-corrected chi connectivity index (χ4v) is 3.61. The molecule has 0 N–H and O–H groups in total. The Hall–Kier alpha value is -0.790. The summed E-state index contributed by atoms with van der Waals surface area (Å²) in [6.45, 7) is 5.86. The van der Waals surface area contributed by atoms with Gasteiger partial charge in [-0.3, -0.25) is 4.79 Å². The molecule has 0 aromatic rings. The molecule has 0 fully saturated rings. The molecule has 0 rings (SSSR count). The van der Waals surface area contributed by atoms with E-state index in [1.807, 2.05) is 6.08 Å². The summed E-state index contributed by atoms with van der Waals surface area (Å²) in [7, 11) is 0. The maximum atomic E-state index is 10.6. The predicted octanol–water partition coefficient (Wildman–Crippen LogP) is 8.54. The van der Waals surface area contributed by atoms with Crippen molar-refractivity contribution in [3.8, 4) is 0 Å². The van der Waals surface area contributed by atoms with E-state index in [4.69, 9.17) is 4.74 Å². The van der Waals surface area contributed by atoms with Crippen LogP contribution in [0.1, 0.15) is 135 Å². The van der Waals surface area contributed by atoms with Gasteiger partial charge in [-0.25, -0.2) is 0 Å². The molecule has 0 aliphatic carbocycles. The molecule has 27 heavy (non-hydrogen) atoms. The van der Waals surface area contributed by atoms with Gasteiger partial charge < -0.3 is 4.74 Å². The van der Waals surface area contributed by atoms with Crippen LogP contribution in [0.4, 0.5) is 0 Å². The van der Waals surface area contributed by atoms with Gasteiger partial charge in [0.2, 0.25) is 0 Å². The van der Waals surface area contributed by atoms with Gasteiger partial charge in [-0.1, -0.05) is 115 Å². The average molecular weight is 381 g/mol. The van der Waals surface area contributed by atoms with E-state index < -0.39 is 0 Å². The normalized spacial score (nSPS) is 10.9. The van der Waals surface area contributed by atoms with Gasteiger partial charge in [0, 0.05) is 6.92 Å². The number of carbonyl (C=O) groups is 1. The first-order chi connectivity index (χ1) is 13.3. The van der Waals surface area contributed by atoms with Crippen molar-refractivity contribution in [2.45, 2.75) is 135 Å². The molecule has 0 saturated heterocycles. The second-order valence-corrected chi connectivity index (χ2v) is 8.13. The number of hydrogen-bond donors (Lipinski definition) is 0. The highest BCUT2D eigenvalue weighted by Crippen LogP contribution is 2.14. The van der Waals surface area contributed by atoms with Gasteiger partial charge in [0.25, 0.3) is 0 Å². The van der Waals surface area contributed by atoms with Crippen LogP contribution in [0.5, 0.6) is 0 Å². The van der Waals surface area contributed by atoms with Crippen molar-refractivity contribution in [3.05, 3.63) is 12.7 Å². The van der Waals surface area contributed by atoms with Crippen molar-refractivity contribution in [1.82, 2.24) is 0 Å². The van der Waals surface area contributed by atoms with Gasteiger partial charge in [0.15, 0.2) is 0 Å². The molecule has 0 heterocycles. The fraction of sp³-hybridized carbons (Fsp3) is 0.880. The van der Waals surface area contributed by atoms with Crippen LogP contribution in [-0.4, -0.2) is 12.6 Å². The molecule has 2 nitrogen and oxygen atoms in total. The van der Waals surface area contributed by atoms with Crippen molar-refractivity contribution in [2.75, 3.05) is 6.61 Å². The summed E-state index contributed by atoms with van der Waals surface area (Å²) in [4.78, 5) is 10.6. The molecule has 0 aliphatic heterocycles. The van der Waals surface area contributed by atoms with Crippen molar-refractivity contribution >= 4 is 5.97 Å². The van der Waals surface area contributed by atoms with Crippen LogP contribution >= 0.6 is 0 Å². The van der Waals surface area contributed by atoms with Gasteiger partial charge in [-0.15, -0.1) is 6.58 Å². The Morgan fingerprint density at radius 1 is 0.593 bits per heavy atom. The summed E-state index contributed by atoms with van der Waals surface area (Å²) in [6, 6.07) is 0. The van der Waals surface area contributed by atoms with E-state index in [9.17, 15) is 4.79 Å². The molecule has 0 aliphatic rings. The predicted molar refractivity (Wildman–Crippen MR) is 119 cm³/mol. The van der Waals surface area contributed by atoms with Crippen LogP contribution in [0.2, 0.25) is 0 Å². The minimum Gasteiger partial charge on any atom is -0.466 e. The minimum absolute atomic E-state index is 0.152. The molecule has 0 atom stereocenters. The second-order valence-electron chi connectivity index (χ2n) is 8.13. The summed E-state index contributed by atoms with van der Waals surface area (Å²) in [5.41, 5.74) is 0. The third-order valence-electron chi connectivity index (χ3n) is 5.36. The van der Waals surface area contributed by atoms with Crippen LogP contribution in [0.15, 0.2) is 12.7 Å². The molecule has 0 unspecified atom stereocenters. The molecule has 0 aromatic heterocycles. The van der Waals surface area contributed by atoms with Crippen LogP contribution in [0.3, 0.4) is 0 Å². The van der Waals surface area contributed by atoms with Crippen LogP contribution in [-0.2, 0) is 9.53 Å². The van der Waals surface area contributed by atoms with Crippen molar-refractivity contribution in [2.24, 2.45) is 0 Å². The van der Waals surface area contributed by atoms with Gasteiger partial charge in [0.05, 0.1) is 6.61 Å². The zero-order valence-electron chi connectivity index (χ0n) is 18.5. The standard InChI is InChI=1S/C25H48O2/c1-3-4-5-6-7-8-9-10-11-12-13-14-15-16-17-18-19-20-21-22-23-24-27-25(2)26/h3H,1,4-24H2,2H3. The molecule has 0 spiro atoms. The van der Waals surface area contributed by atoms with E-state index >= 15 is 0 Å². The summed E-state index contributed by atoms with van der Waals surface area (Å²) in [6.07, 6.45) is 29.4. The maximum Gasteiger partial charge on any atom is 0.302 e. The zero-order valence-corrected chi connectivity index (χ0v) is 18.5. The number of ether oxygens (including phenoxy) is 1. The first-order valence-electron chi connectivity index (χ1n) is 12.0. The van der Waals surface area contributed by atoms with E-state index in [0.29, 0.717) is 6.61 Å². The van der Waals surface area contributed by atoms with E-state index in [1.165, 1.54) is 129 Å². The van der Waals surface area contributed by atoms with Gasteiger partial charge in [-0.05, 0) is 19.3 Å². The molecule has 0 radical (unpaired) electrons. The van der Waals surface area contributed by atoms with Crippen LogP contribution in [0, 0.1) is 0 Å². The molecule has 0 saturated carbocycles. The number of unbranched alkanes of at least 4 members (excludes halogenated alkanes) is 19. The van der Waals surface area contributed by atoms with Gasteiger partial charge in [0.1, 0.15) is 0 Å². The molecular weight excluding hydrogens is 332 g/mol. The Morgan fingerprint density at radius 2 is 0.889 bits per heavy atom. The Kier molecular flexibility index (Phi) is 22.6. The Labute approximate surface area is 170 Å². The molecule has 160 valence electrons. The maximum absolute atomic E-state index is 10.6. The van der Waals surface area contributed by atoms with E-state index in [1.54, 1.807) is 0 Å². The number of carbonyl (C=O) groups excluding carboxylic acids is 1. The summed E-state index contributed by atoms with van der Waals surface area (Å²) in [5.74, 6) is -0.152. The second kappa shape index (κ2) is 23.2. The largest absolute Gasteiger partial charge is 0.466 e. The number of rotatable bonds is 22. The highest BCUT2D eigenvalue weighted by molar-refractivity contribution is 5.65. The van der Waals surface area contributed by atoms with Crippen molar-refractivity contribution in [1.29, 1.82) is 0 Å². The van der Waals surface area contributed by atoms with Crippen LogP contribution < -0.4 is 0 Å². The van der Waals surface area contributed by atoms with E-state index in [-0.39, 0.29) is 5.97 Å². The lowest BCUT2D eigenvalue weighted by Crippen LogP contribution is -2.00. The fourth-order valence-electron chi connectivity index (χ4n) is 3.61. The summed E-state index contributed by atoms with van der Waals surface area (Å²) >= 11 is 0. The third-order valence-corrected chi connectivity index (χ3v) is 5.36. The van der Waals surface area contributed by atoms with Crippen LogP contribution in [0.25, 0.3) is 0 Å². The highest BCUT2D eigenvalue weighted by atomic mass is 16.5. The number of allylic oxidation sites excluding steroid dienone is 1. The lowest BCUT2D eigenvalue weighted by Gasteiger charge is -2.04. The average Bonchev–Trinajstić information content (AvgIpc) is 2.65. The molecule has 2 heteroatoms. The lowest BCUT2D eigenvalue weighted by molar-refractivity contribution is -0.141. The Balaban J connectivity index is 2.99. The van der Waals surface area contributed by atoms with Crippen molar-refractivity contribution in [3.63, 3.8) is 0 Å². The molecule has 0 bridgehead atoms. The quantitative estimate of drug-likeness (QED) is 0.107. The first-order valence-corrected chi connectivity index (χ1v) is 12.0. The monoisotopic (exact) mass is 380 g/mol. The lowest BCUT2D eigenvalue weighted by atomic mass is 10.0. The molecular formula is C25H48O2. The summed E-state index contributed by atoms with van der Waals surface area (Å²) in [5, 5.41) is 0. The first kappa shape index (κ1) is 26.2. The van der Waals surface area contributed by atoms with Crippen molar-refractivity contribution < 1.29 is 9.53 Å². The topological polar surface area (TPSA) is 26.3 Å². The number of esters is 1. The number of hydrogen-bond acceptors (Lipinski definition) is 2. The minimum atomic E-state index is -0.152. The van der Waals surface area contributed by atoms with E-state index in [2.05, 4.69) is 6.58 Å². The third kappa shape index (κ3) is 25.2. The molecule has 0 amide bonds. The Bertz CT molecular complexity index is 311. The smallest absolute Gasteiger partial charge is 0.302 e. The Morgan fingerprint density at radius 3 is 1.19 bits per heavy atom. The summed E-state index contributed by atoms with van der Waals surface area (Å²) < 4.78 is 4.94. The van der Waals surface area contributed by atoms with E-state index in [0.717, 1.165) is 6.42 Å². The molecule has 0 aromatic carbocycles. The SMILES string of the molecule is C=CCCCCCCCCCCCCCCCCCCCCCOC(C)=O. The highest BCUT2D eigenvalue weighted by Gasteiger charge is 1.96. The van der Waals surface area contributed by atoms with Gasteiger partial charge >= 0.3 is 5.97 Å².